The van der Waals surface area contributed by atoms with E-state index in [0.29, 0.717) is 18.7 Å². The van der Waals surface area contributed by atoms with Crippen molar-refractivity contribution in [1.29, 1.82) is 0 Å². The molecule has 0 atom stereocenters. The fourth-order valence-corrected chi connectivity index (χ4v) is 3.19. The van der Waals surface area contributed by atoms with Crippen molar-refractivity contribution < 1.29 is 14.7 Å². The first kappa shape index (κ1) is 19.4. The summed E-state index contributed by atoms with van der Waals surface area (Å²) in [4.78, 5) is 25.3. The van der Waals surface area contributed by atoms with Gasteiger partial charge in [-0.2, -0.15) is 0 Å². The molecule has 4 nitrogen and oxygen atoms in total. The van der Waals surface area contributed by atoms with E-state index in [4.69, 9.17) is 0 Å². The minimum Gasteiger partial charge on any atom is -0.478 e. The first-order valence-electron chi connectivity index (χ1n) is 9.25. The van der Waals surface area contributed by atoms with Crippen LogP contribution < -0.4 is 0 Å². The lowest BCUT2D eigenvalue weighted by Gasteiger charge is -2.21. The Labute approximate surface area is 165 Å². The molecule has 3 rings (SSSR count). The average Bonchev–Trinajstić information content (AvgIpc) is 2.72. The van der Waals surface area contributed by atoms with Gasteiger partial charge in [-0.25, -0.2) is 4.79 Å². The van der Waals surface area contributed by atoms with Gasteiger partial charge in [-0.3, -0.25) is 4.79 Å². The van der Waals surface area contributed by atoms with Gasteiger partial charge in [0, 0.05) is 20.0 Å². The van der Waals surface area contributed by atoms with Gasteiger partial charge in [-0.15, -0.1) is 0 Å². The maximum atomic E-state index is 12.0. The van der Waals surface area contributed by atoms with Gasteiger partial charge >= 0.3 is 5.97 Å². The van der Waals surface area contributed by atoms with Crippen molar-refractivity contribution in [3.63, 3.8) is 0 Å². The molecule has 28 heavy (non-hydrogen) atoms. The van der Waals surface area contributed by atoms with Crippen molar-refractivity contribution in [2.45, 2.75) is 19.9 Å². The quantitative estimate of drug-likeness (QED) is 0.656. The Morgan fingerprint density at radius 2 is 1.46 bits per heavy atom. The molecule has 3 aromatic carbocycles. The molecule has 0 unspecified atom stereocenters. The van der Waals surface area contributed by atoms with Crippen LogP contribution in [0.5, 0.6) is 0 Å². The van der Waals surface area contributed by atoms with E-state index in [2.05, 4.69) is 12.1 Å². The molecular formula is C24H23NO3. The topological polar surface area (TPSA) is 57.6 Å². The highest BCUT2D eigenvalue weighted by molar-refractivity contribution is 5.96. The highest BCUT2D eigenvalue weighted by atomic mass is 16.4. The molecule has 1 N–H and O–H groups in total. The Kier molecular flexibility index (Phi) is 6.22. The molecule has 0 aromatic heterocycles. The van der Waals surface area contributed by atoms with Crippen LogP contribution in [0.2, 0.25) is 0 Å². The highest BCUT2D eigenvalue weighted by Crippen LogP contribution is 2.24. The molecule has 0 saturated heterocycles. The van der Waals surface area contributed by atoms with Gasteiger partial charge in [0.05, 0.1) is 5.56 Å². The average molecular weight is 373 g/mol. The predicted octanol–water partition coefficient (Wildman–Crippen LogP) is 4.64. The summed E-state index contributed by atoms with van der Waals surface area (Å²) in [6.07, 6.45) is 0.810. The predicted molar refractivity (Wildman–Crippen MR) is 110 cm³/mol. The van der Waals surface area contributed by atoms with Crippen molar-refractivity contribution in [3.8, 4) is 11.1 Å². The lowest BCUT2D eigenvalue weighted by atomic mass is 9.98. The molecule has 0 radical (unpaired) electrons. The molecule has 0 bridgehead atoms. The van der Waals surface area contributed by atoms with Gasteiger partial charge < -0.3 is 10.0 Å². The number of rotatable bonds is 7. The maximum Gasteiger partial charge on any atom is 0.336 e. The summed E-state index contributed by atoms with van der Waals surface area (Å²) in [6.45, 7) is 2.77. The molecule has 142 valence electrons. The van der Waals surface area contributed by atoms with Gasteiger partial charge in [-0.1, -0.05) is 72.8 Å². The first-order valence-corrected chi connectivity index (χ1v) is 9.25. The zero-order valence-corrected chi connectivity index (χ0v) is 15.8. The van der Waals surface area contributed by atoms with Gasteiger partial charge in [0.1, 0.15) is 0 Å². The van der Waals surface area contributed by atoms with E-state index in [-0.39, 0.29) is 11.5 Å². The summed E-state index contributed by atoms with van der Waals surface area (Å²) < 4.78 is 0. The van der Waals surface area contributed by atoms with Crippen LogP contribution in [-0.4, -0.2) is 28.4 Å². The molecular weight excluding hydrogens is 350 g/mol. The van der Waals surface area contributed by atoms with E-state index in [0.717, 1.165) is 17.5 Å². The van der Waals surface area contributed by atoms with Crippen LogP contribution in [-0.2, 0) is 17.8 Å². The third-order valence-electron chi connectivity index (χ3n) is 4.75. The molecule has 0 aliphatic carbocycles. The Hall–Kier alpha value is -3.40. The van der Waals surface area contributed by atoms with Crippen molar-refractivity contribution in [1.82, 2.24) is 4.90 Å². The molecule has 3 aromatic rings. The van der Waals surface area contributed by atoms with E-state index in [1.807, 2.05) is 53.4 Å². The molecule has 4 heteroatoms. The van der Waals surface area contributed by atoms with Crippen LogP contribution in [0.4, 0.5) is 0 Å². The zero-order valence-electron chi connectivity index (χ0n) is 15.8. The number of hydrogen-bond acceptors (Lipinski definition) is 2. The zero-order chi connectivity index (χ0) is 19.9. The van der Waals surface area contributed by atoms with Crippen LogP contribution in [0.15, 0.2) is 78.9 Å². The number of carboxylic acids is 1. The normalized spacial score (nSPS) is 10.5. The summed E-state index contributed by atoms with van der Waals surface area (Å²) in [5, 5.41) is 9.37. The summed E-state index contributed by atoms with van der Waals surface area (Å²) in [5.41, 5.74) is 4.03. The largest absolute Gasteiger partial charge is 0.478 e. The minimum absolute atomic E-state index is 0.0382. The first-order chi connectivity index (χ1) is 13.5. The van der Waals surface area contributed by atoms with Crippen LogP contribution in [0, 0.1) is 0 Å². The van der Waals surface area contributed by atoms with E-state index in [1.165, 1.54) is 5.56 Å². The summed E-state index contributed by atoms with van der Waals surface area (Å²) in [5.74, 6) is -0.903. The molecule has 0 fully saturated rings. The number of carbonyl (C=O) groups is 2. The number of nitrogens with zero attached hydrogens (tertiary/aromatic N) is 1. The number of hydrogen-bond donors (Lipinski definition) is 1. The maximum absolute atomic E-state index is 12.0. The van der Waals surface area contributed by atoms with Crippen LogP contribution in [0.25, 0.3) is 11.1 Å². The second-order valence-electron chi connectivity index (χ2n) is 6.72. The van der Waals surface area contributed by atoms with Gasteiger partial charge in [-0.05, 0) is 34.7 Å². The summed E-state index contributed by atoms with van der Waals surface area (Å²) >= 11 is 0. The van der Waals surface area contributed by atoms with Crippen molar-refractivity contribution in [2.75, 3.05) is 6.54 Å². The molecule has 0 spiro atoms. The van der Waals surface area contributed by atoms with Crippen molar-refractivity contribution in [2.24, 2.45) is 0 Å². The van der Waals surface area contributed by atoms with Crippen LogP contribution >= 0.6 is 0 Å². The molecule has 1 amide bonds. The van der Waals surface area contributed by atoms with E-state index in [1.54, 1.807) is 25.1 Å². The Balaban J connectivity index is 1.72. The SMILES string of the molecule is CC(=O)N(CCc1ccccc1)Cc1ccc(-c2ccccc2C(=O)O)cc1. The number of carbonyl (C=O) groups excluding carboxylic acids is 1. The van der Waals surface area contributed by atoms with E-state index in [9.17, 15) is 14.7 Å². The number of benzene rings is 3. The fourth-order valence-electron chi connectivity index (χ4n) is 3.19. The third-order valence-corrected chi connectivity index (χ3v) is 4.75. The van der Waals surface area contributed by atoms with E-state index < -0.39 is 5.97 Å². The summed E-state index contributed by atoms with van der Waals surface area (Å²) in [7, 11) is 0. The van der Waals surface area contributed by atoms with Crippen molar-refractivity contribution >= 4 is 11.9 Å². The smallest absolute Gasteiger partial charge is 0.336 e. The molecule has 0 aliphatic rings. The third kappa shape index (κ3) is 4.86. The summed E-state index contributed by atoms with van der Waals surface area (Å²) in [6, 6.07) is 24.8. The van der Waals surface area contributed by atoms with Crippen LogP contribution in [0.3, 0.4) is 0 Å². The van der Waals surface area contributed by atoms with Gasteiger partial charge in [0.2, 0.25) is 5.91 Å². The van der Waals surface area contributed by atoms with Gasteiger partial charge in [0.25, 0.3) is 0 Å². The number of carboxylic acid groups (broad SMARTS) is 1. The minimum atomic E-state index is -0.941. The molecule has 0 saturated carbocycles. The lowest BCUT2D eigenvalue weighted by Crippen LogP contribution is -2.30. The van der Waals surface area contributed by atoms with E-state index >= 15 is 0 Å². The standard InChI is InChI=1S/C24H23NO3/c1-18(26)25(16-15-19-7-3-2-4-8-19)17-20-11-13-21(14-12-20)22-9-5-6-10-23(22)24(27)28/h2-14H,15-17H2,1H3,(H,27,28). The lowest BCUT2D eigenvalue weighted by molar-refractivity contribution is -0.129. The Morgan fingerprint density at radius 1 is 0.821 bits per heavy atom. The molecule has 0 aliphatic heterocycles. The second kappa shape index (κ2) is 9.00. The number of aromatic carboxylic acids is 1. The fraction of sp³-hybridized carbons (Fsp3) is 0.167. The monoisotopic (exact) mass is 373 g/mol. The van der Waals surface area contributed by atoms with Crippen molar-refractivity contribution in [3.05, 3.63) is 95.6 Å². The second-order valence-corrected chi connectivity index (χ2v) is 6.72. The Morgan fingerprint density at radius 3 is 2.11 bits per heavy atom. The molecule has 0 heterocycles. The van der Waals surface area contributed by atoms with Gasteiger partial charge in [0.15, 0.2) is 0 Å². The Bertz CT molecular complexity index is 949. The highest BCUT2D eigenvalue weighted by Gasteiger charge is 2.12. The number of amides is 1. The van der Waals surface area contributed by atoms with Crippen LogP contribution in [0.1, 0.15) is 28.4 Å².